The second kappa shape index (κ2) is 8.05. The van der Waals surface area contributed by atoms with Crippen LogP contribution in [0.2, 0.25) is 0 Å². The van der Waals surface area contributed by atoms with E-state index in [9.17, 15) is 0 Å². The first-order valence-electron chi connectivity index (χ1n) is 5.89. The van der Waals surface area contributed by atoms with Crippen molar-refractivity contribution in [3.05, 3.63) is 0 Å². The molecule has 4 nitrogen and oxygen atoms in total. The van der Waals surface area contributed by atoms with Crippen molar-refractivity contribution < 1.29 is 9.47 Å². The molecule has 0 saturated carbocycles. The van der Waals surface area contributed by atoms with Crippen molar-refractivity contribution >= 4 is 0 Å². The summed E-state index contributed by atoms with van der Waals surface area (Å²) in [4.78, 5) is 2.45. The first-order chi connectivity index (χ1) is 7.38. The number of likely N-dealkylation sites (tertiary alicyclic amines) is 1. The zero-order valence-corrected chi connectivity index (χ0v) is 9.78. The molecule has 0 aromatic carbocycles. The summed E-state index contributed by atoms with van der Waals surface area (Å²) in [7, 11) is 1.69. The Labute approximate surface area is 92.7 Å². The fraction of sp³-hybridized carbons (Fsp3) is 1.00. The molecular weight excluding hydrogens is 192 g/mol. The van der Waals surface area contributed by atoms with Crippen LogP contribution in [0.1, 0.15) is 19.3 Å². The highest BCUT2D eigenvalue weighted by Gasteiger charge is 2.20. The molecule has 1 rings (SSSR count). The number of rotatable bonds is 7. The van der Waals surface area contributed by atoms with Crippen LogP contribution >= 0.6 is 0 Å². The summed E-state index contributed by atoms with van der Waals surface area (Å²) in [6, 6.07) is 0.574. The van der Waals surface area contributed by atoms with Gasteiger partial charge in [0.25, 0.3) is 0 Å². The van der Waals surface area contributed by atoms with Crippen molar-refractivity contribution in [3.63, 3.8) is 0 Å². The van der Waals surface area contributed by atoms with Crippen LogP contribution in [-0.4, -0.2) is 57.5 Å². The van der Waals surface area contributed by atoms with Crippen LogP contribution in [0.3, 0.4) is 0 Å². The molecule has 0 spiro atoms. The van der Waals surface area contributed by atoms with Gasteiger partial charge in [-0.3, -0.25) is 4.90 Å². The van der Waals surface area contributed by atoms with E-state index < -0.39 is 0 Å². The van der Waals surface area contributed by atoms with Gasteiger partial charge in [0.05, 0.1) is 19.8 Å². The first kappa shape index (κ1) is 12.9. The molecule has 4 heteroatoms. The summed E-state index contributed by atoms with van der Waals surface area (Å²) in [5, 5.41) is 0. The summed E-state index contributed by atoms with van der Waals surface area (Å²) in [6.07, 6.45) is 3.87. The van der Waals surface area contributed by atoms with E-state index >= 15 is 0 Å². The highest BCUT2D eigenvalue weighted by molar-refractivity contribution is 4.77. The fourth-order valence-corrected chi connectivity index (χ4v) is 2.05. The van der Waals surface area contributed by atoms with Gasteiger partial charge in [-0.15, -0.1) is 0 Å². The molecule has 0 amide bonds. The van der Waals surface area contributed by atoms with Gasteiger partial charge in [-0.25, -0.2) is 0 Å². The molecule has 90 valence electrons. The molecule has 1 unspecified atom stereocenters. The lowest BCUT2D eigenvalue weighted by molar-refractivity contribution is 0.0436. The highest BCUT2D eigenvalue weighted by Crippen LogP contribution is 2.15. The van der Waals surface area contributed by atoms with E-state index in [1.165, 1.54) is 25.8 Å². The van der Waals surface area contributed by atoms with E-state index in [1.54, 1.807) is 7.11 Å². The average molecular weight is 216 g/mol. The van der Waals surface area contributed by atoms with Crippen molar-refractivity contribution in [2.45, 2.75) is 25.3 Å². The van der Waals surface area contributed by atoms with E-state index in [0.29, 0.717) is 19.3 Å². The Morgan fingerprint density at radius 2 is 2.13 bits per heavy atom. The number of nitrogens with two attached hydrogens (primary N) is 1. The molecule has 0 bridgehead atoms. The topological polar surface area (TPSA) is 47.7 Å². The monoisotopic (exact) mass is 216 g/mol. The van der Waals surface area contributed by atoms with Gasteiger partial charge in [0.15, 0.2) is 0 Å². The lowest BCUT2D eigenvalue weighted by Gasteiger charge is -2.34. The lowest BCUT2D eigenvalue weighted by atomic mass is 10.0. The molecule has 1 fully saturated rings. The van der Waals surface area contributed by atoms with Crippen LogP contribution in [0.15, 0.2) is 0 Å². The molecule has 0 aromatic rings. The van der Waals surface area contributed by atoms with Crippen LogP contribution in [0.5, 0.6) is 0 Å². The van der Waals surface area contributed by atoms with Crippen molar-refractivity contribution in [2.24, 2.45) is 5.73 Å². The van der Waals surface area contributed by atoms with Crippen LogP contribution in [-0.2, 0) is 9.47 Å². The molecule has 1 saturated heterocycles. The minimum atomic E-state index is 0.574. The lowest BCUT2D eigenvalue weighted by Crippen LogP contribution is -2.45. The van der Waals surface area contributed by atoms with Gasteiger partial charge in [0.2, 0.25) is 0 Å². The SMILES string of the molecule is COCCOCCN1CCCCC1CN. The normalized spacial score (nSPS) is 23.2. The molecule has 1 heterocycles. The third kappa shape index (κ3) is 4.93. The molecular formula is C11H24N2O2. The van der Waals surface area contributed by atoms with E-state index in [0.717, 1.165) is 19.7 Å². The zero-order chi connectivity index (χ0) is 10.9. The van der Waals surface area contributed by atoms with Crippen molar-refractivity contribution in [2.75, 3.05) is 46.6 Å². The van der Waals surface area contributed by atoms with Gasteiger partial charge in [0, 0.05) is 26.2 Å². The molecule has 0 aromatic heterocycles. The second-order valence-electron chi connectivity index (χ2n) is 4.03. The Morgan fingerprint density at radius 1 is 1.27 bits per heavy atom. The van der Waals surface area contributed by atoms with Gasteiger partial charge in [-0.05, 0) is 19.4 Å². The highest BCUT2D eigenvalue weighted by atomic mass is 16.5. The molecule has 2 N–H and O–H groups in total. The quantitative estimate of drug-likeness (QED) is 0.628. The molecule has 0 aliphatic carbocycles. The van der Waals surface area contributed by atoms with Crippen LogP contribution in [0, 0.1) is 0 Å². The number of methoxy groups -OCH3 is 1. The van der Waals surface area contributed by atoms with Gasteiger partial charge in [-0.1, -0.05) is 6.42 Å². The maximum atomic E-state index is 5.74. The van der Waals surface area contributed by atoms with Gasteiger partial charge < -0.3 is 15.2 Å². The Hall–Kier alpha value is -0.160. The summed E-state index contributed by atoms with van der Waals surface area (Å²) >= 11 is 0. The summed E-state index contributed by atoms with van der Waals surface area (Å²) in [5.74, 6) is 0. The molecule has 0 radical (unpaired) electrons. The Bertz CT molecular complexity index is 156. The van der Waals surface area contributed by atoms with Crippen molar-refractivity contribution in [1.82, 2.24) is 4.90 Å². The predicted octanol–water partition coefficient (Wildman–Crippen LogP) is 0.463. The second-order valence-corrected chi connectivity index (χ2v) is 4.03. The zero-order valence-electron chi connectivity index (χ0n) is 9.78. The third-order valence-corrected chi connectivity index (χ3v) is 2.98. The van der Waals surface area contributed by atoms with Crippen molar-refractivity contribution in [3.8, 4) is 0 Å². The largest absolute Gasteiger partial charge is 0.382 e. The Kier molecular flexibility index (Phi) is 6.92. The smallest absolute Gasteiger partial charge is 0.0700 e. The van der Waals surface area contributed by atoms with Gasteiger partial charge >= 0.3 is 0 Å². The maximum absolute atomic E-state index is 5.74. The van der Waals surface area contributed by atoms with Gasteiger partial charge in [0.1, 0.15) is 0 Å². The summed E-state index contributed by atoms with van der Waals surface area (Å²) in [6.45, 7) is 5.12. The first-order valence-corrected chi connectivity index (χ1v) is 5.89. The number of piperidine rings is 1. The predicted molar refractivity (Wildman–Crippen MR) is 61.0 cm³/mol. The number of hydrogen-bond acceptors (Lipinski definition) is 4. The summed E-state index contributed by atoms with van der Waals surface area (Å²) < 4.78 is 10.4. The number of hydrogen-bond donors (Lipinski definition) is 1. The molecule has 1 aliphatic heterocycles. The maximum Gasteiger partial charge on any atom is 0.0700 e. The number of ether oxygens (including phenoxy) is 2. The Balaban J connectivity index is 2.07. The van der Waals surface area contributed by atoms with E-state index in [1.807, 2.05) is 0 Å². The van der Waals surface area contributed by atoms with Gasteiger partial charge in [-0.2, -0.15) is 0 Å². The summed E-state index contributed by atoms with van der Waals surface area (Å²) in [5.41, 5.74) is 5.74. The number of nitrogens with zero attached hydrogens (tertiary/aromatic N) is 1. The molecule has 15 heavy (non-hydrogen) atoms. The van der Waals surface area contributed by atoms with Crippen LogP contribution in [0.25, 0.3) is 0 Å². The molecule has 1 atom stereocenters. The van der Waals surface area contributed by atoms with Crippen LogP contribution < -0.4 is 5.73 Å². The van der Waals surface area contributed by atoms with Crippen molar-refractivity contribution in [1.29, 1.82) is 0 Å². The fourth-order valence-electron chi connectivity index (χ4n) is 2.05. The Morgan fingerprint density at radius 3 is 2.87 bits per heavy atom. The standard InChI is InChI=1S/C11H24N2O2/c1-14-8-9-15-7-6-13-5-3-2-4-11(13)10-12/h11H,2-10,12H2,1H3. The molecule has 1 aliphatic rings. The van der Waals surface area contributed by atoms with E-state index in [4.69, 9.17) is 15.2 Å². The minimum Gasteiger partial charge on any atom is -0.382 e. The van der Waals surface area contributed by atoms with E-state index in [2.05, 4.69) is 4.90 Å². The average Bonchev–Trinajstić information content (AvgIpc) is 2.29. The van der Waals surface area contributed by atoms with Crippen LogP contribution in [0.4, 0.5) is 0 Å². The minimum absolute atomic E-state index is 0.574. The third-order valence-electron chi connectivity index (χ3n) is 2.98. The van der Waals surface area contributed by atoms with E-state index in [-0.39, 0.29) is 0 Å².